The predicted molar refractivity (Wildman–Crippen MR) is 76.0 cm³/mol. The summed E-state index contributed by atoms with van der Waals surface area (Å²) in [6.07, 6.45) is 9.43. The van der Waals surface area contributed by atoms with E-state index in [1.807, 2.05) is 18.0 Å². The second-order valence-electron chi connectivity index (χ2n) is 4.44. The van der Waals surface area contributed by atoms with E-state index in [0.717, 1.165) is 6.42 Å². The Kier molecular flexibility index (Phi) is 2.14. The number of allylic oxidation sites excluding steroid dienone is 4. The van der Waals surface area contributed by atoms with Gasteiger partial charge in [-0.05, 0) is 18.2 Å². The van der Waals surface area contributed by atoms with E-state index >= 15 is 0 Å². The molecule has 0 unspecified atom stereocenters. The van der Waals surface area contributed by atoms with E-state index < -0.39 is 0 Å². The third-order valence-electron chi connectivity index (χ3n) is 3.30. The van der Waals surface area contributed by atoms with Crippen molar-refractivity contribution < 1.29 is 0 Å². The fraction of sp³-hybridized carbons (Fsp3) is 0.0667. The molecule has 0 saturated heterocycles. The van der Waals surface area contributed by atoms with E-state index in [2.05, 4.69) is 53.1 Å². The monoisotopic (exact) mass is 252 g/mol. The fourth-order valence-corrected chi connectivity index (χ4v) is 3.57. The number of hydrogen-bond acceptors (Lipinski definition) is 3. The first-order valence-corrected chi connectivity index (χ1v) is 6.85. The van der Waals surface area contributed by atoms with Gasteiger partial charge >= 0.3 is 0 Å². The minimum absolute atomic E-state index is 0.962. The Morgan fingerprint density at radius 3 is 3.11 bits per heavy atom. The van der Waals surface area contributed by atoms with E-state index in [1.54, 1.807) is 0 Å². The van der Waals surface area contributed by atoms with Gasteiger partial charge in [-0.25, -0.2) is 0 Å². The number of dihydropyridines is 1. The van der Waals surface area contributed by atoms with Crippen molar-refractivity contribution in [2.45, 2.75) is 11.3 Å². The van der Waals surface area contributed by atoms with Gasteiger partial charge in [0.1, 0.15) is 0 Å². The van der Waals surface area contributed by atoms with E-state index in [9.17, 15) is 0 Å². The van der Waals surface area contributed by atoms with Crippen LogP contribution in [0.15, 0.2) is 75.5 Å². The molecule has 3 heteroatoms. The van der Waals surface area contributed by atoms with Gasteiger partial charge in [0, 0.05) is 39.4 Å². The van der Waals surface area contributed by atoms with Crippen molar-refractivity contribution in [3.63, 3.8) is 0 Å². The van der Waals surface area contributed by atoms with Gasteiger partial charge in [0.2, 0.25) is 0 Å². The van der Waals surface area contributed by atoms with Crippen molar-refractivity contribution >= 4 is 17.4 Å². The first-order chi connectivity index (χ1) is 8.92. The zero-order chi connectivity index (χ0) is 11.9. The summed E-state index contributed by atoms with van der Waals surface area (Å²) in [6.45, 7) is 0. The molecule has 2 N–H and O–H groups in total. The molecule has 0 aromatic heterocycles. The molecule has 1 aromatic carbocycles. The first kappa shape index (κ1) is 10.1. The Labute approximate surface area is 110 Å². The summed E-state index contributed by atoms with van der Waals surface area (Å²) in [6, 6.07) is 8.47. The lowest BCUT2D eigenvalue weighted by Crippen LogP contribution is -2.19. The topological polar surface area (TPSA) is 24.1 Å². The van der Waals surface area contributed by atoms with Crippen LogP contribution in [0.1, 0.15) is 6.42 Å². The first-order valence-electron chi connectivity index (χ1n) is 6.03. The molecule has 4 rings (SSSR count). The zero-order valence-corrected chi connectivity index (χ0v) is 10.6. The molecule has 1 aliphatic carbocycles. The van der Waals surface area contributed by atoms with Gasteiger partial charge < -0.3 is 10.6 Å². The third kappa shape index (κ3) is 1.44. The maximum Gasteiger partial charge on any atom is 0.0524 e. The lowest BCUT2D eigenvalue weighted by molar-refractivity contribution is 0.999. The highest BCUT2D eigenvalue weighted by Gasteiger charge is 2.25. The quantitative estimate of drug-likeness (QED) is 0.735. The highest BCUT2D eigenvalue weighted by Crippen LogP contribution is 2.47. The molecule has 88 valence electrons. The van der Waals surface area contributed by atoms with Crippen LogP contribution < -0.4 is 10.6 Å². The highest BCUT2D eigenvalue weighted by molar-refractivity contribution is 8.03. The molecule has 18 heavy (non-hydrogen) atoms. The van der Waals surface area contributed by atoms with Crippen molar-refractivity contribution in [2.24, 2.45) is 0 Å². The number of fused-ring (bicyclic) bond motifs is 3. The number of hydrogen-bond donors (Lipinski definition) is 2. The fourth-order valence-electron chi connectivity index (χ4n) is 2.43. The number of nitrogens with one attached hydrogen (secondary N) is 2. The van der Waals surface area contributed by atoms with Crippen LogP contribution in [0.3, 0.4) is 0 Å². The average molecular weight is 252 g/mol. The van der Waals surface area contributed by atoms with Gasteiger partial charge in [0.25, 0.3) is 0 Å². The summed E-state index contributed by atoms with van der Waals surface area (Å²) < 4.78 is 0. The third-order valence-corrected chi connectivity index (χ3v) is 4.55. The lowest BCUT2D eigenvalue weighted by atomic mass is 10.0. The molecule has 2 heterocycles. The Hall–Kier alpha value is -1.87. The SMILES string of the molecule is C1=CNC2=CCC3=C(Sc4ccccc4N3)C2=C1. The van der Waals surface area contributed by atoms with E-state index in [-0.39, 0.29) is 0 Å². The summed E-state index contributed by atoms with van der Waals surface area (Å²) in [7, 11) is 0. The van der Waals surface area contributed by atoms with E-state index in [0.29, 0.717) is 0 Å². The van der Waals surface area contributed by atoms with Crippen molar-refractivity contribution in [3.8, 4) is 0 Å². The molecule has 0 fully saturated rings. The van der Waals surface area contributed by atoms with E-state index in [4.69, 9.17) is 0 Å². The summed E-state index contributed by atoms with van der Waals surface area (Å²) in [5.74, 6) is 0. The van der Waals surface area contributed by atoms with Crippen molar-refractivity contribution in [1.29, 1.82) is 0 Å². The van der Waals surface area contributed by atoms with Crippen molar-refractivity contribution in [1.82, 2.24) is 5.32 Å². The maximum atomic E-state index is 3.55. The zero-order valence-electron chi connectivity index (χ0n) is 9.73. The van der Waals surface area contributed by atoms with Gasteiger partial charge in [-0.1, -0.05) is 36.0 Å². The van der Waals surface area contributed by atoms with Gasteiger partial charge in [-0.15, -0.1) is 0 Å². The highest BCUT2D eigenvalue weighted by atomic mass is 32.2. The maximum absolute atomic E-state index is 3.55. The number of rotatable bonds is 0. The molecular formula is C15H12N2S. The standard InChI is InChI=1S/C15H12N2S/c1-2-6-14-12(5-1)17-13-8-7-11-10(15(13)18-14)4-3-9-16-11/h1-7,9,16-17H,8H2. The smallest absolute Gasteiger partial charge is 0.0524 e. The Bertz CT molecular complexity index is 650. The van der Waals surface area contributed by atoms with Crippen LogP contribution in [-0.4, -0.2) is 0 Å². The minimum Gasteiger partial charge on any atom is -0.361 e. The second kappa shape index (κ2) is 3.82. The molecule has 0 radical (unpaired) electrons. The van der Waals surface area contributed by atoms with E-state index in [1.165, 1.54) is 32.5 Å². The van der Waals surface area contributed by atoms with Crippen LogP contribution >= 0.6 is 11.8 Å². The molecule has 0 amide bonds. The molecular weight excluding hydrogens is 240 g/mol. The van der Waals surface area contributed by atoms with Crippen molar-refractivity contribution in [3.05, 3.63) is 70.6 Å². The van der Waals surface area contributed by atoms with Gasteiger partial charge in [-0.2, -0.15) is 0 Å². The number of benzene rings is 1. The Morgan fingerprint density at radius 1 is 1.17 bits per heavy atom. The summed E-state index contributed by atoms with van der Waals surface area (Å²) in [5, 5.41) is 6.87. The van der Waals surface area contributed by atoms with Crippen molar-refractivity contribution in [2.75, 3.05) is 5.32 Å². The summed E-state index contributed by atoms with van der Waals surface area (Å²) >= 11 is 1.86. The van der Waals surface area contributed by atoms with Crippen LogP contribution in [0.4, 0.5) is 5.69 Å². The molecule has 0 spiro atoms. The molecule has 3 aliphatic rings. The van der Waals surface area contributed by atoms with Crippen LogP contribution in [0, 0.1) is 0 Å². The van der Waals surface area contributed by atoms with Gasteiger partial charge in [0.05, 0.1) is 5.69 Å². The van der Waals surface area contributed by atoms with Crippen LogP contribution in [0.25, 0.3) is 0 Å². The molecule has 1 aromatic rings. The van der Waals surface area contributed by atoms with Crippen LogP contribution in [0.2, 0.25) is 0 Å². The molecule has 2 nitrogen and oxygen atoms in total. The molecule has 0 saturated carbocycles. The average Bonchev–Trinajstić information content (AvgIpc) is 2.45. The molecule has 0 bridgehead atoms. The Balaban J connectivity index is 1.81. The van der Waals surface area contributed by atoms with Gasteiger partial charge in [-0.3, -0.25) is 0 Å². The van der Waals surface area contributed by atoms with Crippen LogP contribution in [0.5, 0.6) is 0 Å². The normalized spacial score (nSPS) is 19.8. The largest absolute Gasteiger partial charge is 0.361 e. The number of thioether (sulfide) groups is 1. The number of anilines is 1. The van der Waals surface area contributed by atoms with Gasteiger partial charge in [0.15, 0.2) is 0 Å². The Morgan fingerprint density at radius 2 is 2.11 bits per heavy atom. The number of para-hydroxylation sites is 1. The molecule has 2 aliphatic heterocycles. The summed E-state index contributed by atoms with van der Waals surface area (Å²) in [5.41, 5.74) is 5.06. The van der Waals surface area contributed by atoms with Crippen LogP contribution in [-0.2, 0) is 0 Å². The lowest BCUT2D eigenvalue weighted by Gasteiger charge is -2.30. The molecule has 0 atom stereocenters. The second-order valence-corrected chi connectivity index (χ2v) is 5.49. The summed E-state index contributed by atoms with van der Waals surface area (Å²) in [4.78, 5) is 2.65. The minimum atomic E-state index is 0.962. The predicted octanol–water partition coefficient (Wildman–Crippen LogP) is 3.75.